The van der Waals surface area contributed by atoms with E-state index in [0.29, 0.717) is 6.54 Å². The topological polar surface area (TPSA) is 29.1 Å². The van der Waals surface area contributed by atoms with Crippen molar-refractivity contribution in [3.63, 3.8) is 0 Å². The van der Waals surface area contributed by atoms with Gasteiger partial charge in [0.2, 0.25) is 0 Å². The number of amides is 1. The molecule has 0 unspecified atom stereocenters. The van der Waals surface area contributed by atoms with E-state index < -0.39 is 0 Å². The summed E-state index contributed by atoms with van der Waals surface area (Å²) in [7, 11) is 0. The number of nitrogens with one attached hydrogen (secondary N) is 1. The average Bonchev–Trinajstić information content (AvgIpc) is 2.72. The van der Waals surface area contributed by atoms with Crippen LogP contribution in [0.5, 0.6) is 0 Å². The lowest BCUT2D eigenvalue weighted by Crippen LogP contribution is -2.23. The number of rotatable bonds is 3. The molecule has 0 saturated heterocycles. The molecular weight excluding hydrogens is 298 g/mol. The molecule has 2 aromatic rings. The molecule has 2 nitrogen and oxygen atoms in total. The zero-order chi connectivity index (χ0) is 12.3. The molecule has 0 fully saturated rings. The van der Waals surface area contributed by atoms with E-state index >= 15 is 0 Å². The highest BCUT2D eigenvalue weighted by atomic mass is 79.9. The summed E-state index contributed by atoms with van der Waals surface area (Å²) in [6.07, 6.45) is 0. The third-order valence-electron chi connectivity index (χ3n) is 2.49. The molecule has 2 rings (SSSR count). The molecule has 1 amide bonds. The van der Waals surface area contributed by atoms with E-state index in [4.69, 9.17) is 0 Å². The minimum Gasteiger partial charge on any atom is -0.347 e. The van der Waals surface area contributed by atoms with Crippen LogP contribution >= 0.6 is 27.3 Å². The van der Waals surface area contributed by atoms with E-state index in [0.717, 1.165) is 20.5 Å². The predicted molar refractivity (Wildman–Crippen MR) is 74.4 cm³/mol. The summed E-state index contributed by atoms with van der Waals surface area (Å²) in [4.78, 5) is 13.1. The van der Waals surface area contributed by atoms with Crippen LogP contribution in [-0.2, 0) is 6.54 Å². The second-order valence-corrected chi connectivity index (χ2v) is 5.54. The third-order valence-corrected chi connectivity index (χ3v) is 4.42. The Labute approximate surface area is 113 Å². The molecular formula is C13H12BrNOS. The maximum atomic E-state index is 12.0. The van der Waals surface area contributed by atoms with Gasteiger partial charge in [0.15, 0.2) is 0 Å². The smallest absolute Gasteiger partial charge is 0.251 e. The van der Waals surface area contributed by atoms with Gasteiger partial charge < -0.3 is 5.32 Å². The summed E-state index contributed by atoms with van der Waals surface area (Å²) in [6, 6.07) is 9.58. The molecule has 0 aliphatic rings. The Morgan fingerprint density at radius 3 is 2.76 bits per heavy atom. The van der Waals surface area contributed by atoms with Crippen LogP contribution in [0, 0.1) is 6.92 Å². The van der Waals surface area contributed by atoms with Crippen LogP contribution in [0.2, 0.25) is 0 Å². The number of carbonyl (C=O) groups is 1. The SMILES string of the molecule is Cc1ccccc1C(=O)NCc1sccc1Br. The maximum absolute atomic E-state index is 12.0. The molecule has 1 aromatic heterocycles. The van der Waals surface area contributed by atoms with Crippen LogP contribution in [-0.4, -0.2) is 5.91 Å². The van der Waals surface area contributed by atoms with Crippen molar-refractivity contribution in [2.45, 2.75) is 13.5 Å². The van der Waals surface area contributed by atoms with Gasteiger partial charge in [0.25, 0.3) is 5.91 Å². The van der Waals surface area contributed by atoms with Gasteiger partial charge in [0.1, 0.15) is 0 Å². The van der Waals surface area contributed by atoms with Crippen molar-refractivity contribution in [3.8, 4) is 0 Å². The second kappa shape index (κ2) is 5.47. The molecule has 0 radical (unpaired) electrons. The fourth-order valence-electron chi connectivity index (χ4n) is 1.53. The quantitative estimate of drug-likeness (QED) is 0.919. The fourth-order valence-corrected chi connectivity index (χ4v) is 2.97. The Morgan fingerprint density at radius 1 is 1.35 bits per heavy atom. The first-order chi connectivity index (χ1) is 8.18. The lowest BCUT2D eigenvalue weighted by Gasteiger charge is -2.06. The highest BCUT2D eigenvalue weighted by Crippen LogP contribution is 2.22. The molecule has 1 aromatic carbocycles. The first-order valence-corrected chi connectivity index (χ1v) is 6.91. The molecule has 0 saturated carbocycles. The van der Waals surface area contributed by atoms with Crippen molar-refractivity contribution in [1.82, 2.24) is 5.32 Å². The van der Waals surface area contributed by atoms with Crippen LogP contribution < -0.4 is 5.32 Å². The summed E-state index contributed by atoms with van der Waals surface area (Å²) in [5.74, 6) is -0.0246. The highest BCUT2D eigenvalue weighted by Gasteiger charge is 2.08. The summed E-state index contributed by atoms with van der Waals surface area (Å²) >= 11 is 5.08. The van der Waals surface area contributed by atoms with Crippen molar-refractivity contribution >= 4 is 33.2 Å². The number of aryl methyl sites for hydroxylation is 1. The minimum absolute atomic E-state index is 0.0246. The van der Waals surface area contributed by atoms with Gasteiger partial charge in [-0.3, -0.25) is 4.79 Å². The van der Waals surface area contributed by atoms with E-state index in [1.165, 1.54) is 0 Å². The first kappa shape index (κ1) is 12.3. The largest absolute Gasteiger partial charge is 0.347 e. The van der Waals surface area contributed by atoms with E-state index in [2.05, 4.69) is 21.2 Å². The van der Waals surface area contributed by atoms with Crippen molar-refractivity contribution in [2.24, 2.45) is 0 Å². The zero-order valence-corrected chi connectivity index (χ0v) is 11.8. The predicted octanol–water partition coefficient (Wildman–Crippen LogP) is 3.75. The molecule has 88 valence electrons. The van der Waals surface area contributed by atoms with E-state index in [1.54, 1.807) is 11.3 Å². The van der Waals surface area contributed by atoms with Crippen molar-refractivity contribution in [2.75, 3.05) is 0 Å². The van der Waals surface area contributed by atoms with E-state index in [1.807, 2.05) is 42.6 Å². The van der Waals surface area contributed by atoms with Gasteiger partial charge in [-0.2, -0.15) is 0 Å². The van der Waals surface area contributed by atoms with Crippen molar-refractivity contribution in [3.05, 3.63) is 56.2 Å². The summed E-state index contributed by atoms with van der Waals surface area (Å²) in [5.41, 5.74) is 1.73. The summed E-state index contributed by atoms with van der Waals surface area (Å²) < 4.78 is 1.05. The van der Waals surface area contributed by atoms with Crippen LogP contribution in [0.25, 0.3) is 0 Å². The molecule has 1 N–H and O–H groups in total. The van der Waals surface area contributed by atoms with Gasteiger partial charge >= 0.3 is 0 Å². The molecule has 0 spiro atoms. The number of halogens is 1. The standard InChI is InChI=1S/C13H12BrNOS/c1-9-4-2-3-5-10(9)13(16)15-8-12-11(14)6-7-17-12/h2-7H,8H2,1H3,(H,15,16). The van der Waals surface area contributed by atoms with Gasteiger partial charge in [-0.1, -0.05) is 18.2 Å². The normalized spacial score (nSPS) is 10.2. The van der Waals surface area contributed by atoms with Gasteiger partial charge in [0, 0.05) is 14.9 Å². The number of carbonyl (C=O) groups excluding carboxylic acids is 1. The Hall–Kier alpha value is -1.13. The molecule has 0 atom stereocenters. The zero-order valence-electron chi connectivity index (χ0n) is 9.37. The Balaban J connectivity index is 2.04. The second-order valence-electron chi connectivity index (χ2n) is 3.69. The molecule has 0 aliphatic carbocycles. The molecule has 0 bridgehead atoms. The van der Waals surface area contributed by atoms with Gasteiger partial charge in [-0.05, 0) is 45.9 Å². The summed E-state index contributed by atoms with van der Waals surface area (Å²) in [5, 5.41) is 4.92. The van der Waals surface area contributed by atoms with Gasteiger partial charge in [-0.25, -0.2) is 0 Å². The Morgan fingerprint density at radius 2 is 2.12 bits per heavy atom. The number of thiophene rings is 1. The first-order valence-electron chi connectivity index (χ1n) is 5.24. The number of benzene rings is 1. The van der Waals surface area contributed by atoms with Crippen LogP contribution in [0.1, 0.15) is 20.8 Å². The third kappa shape index (κ3) is 2.96. The Kier molecular flexibility index (Phi) is 3.97. The summed E-state index contributed by atoms with van der Waals surface area (Å²) in [6.45, 7) is 2.50. The maximum Gasteiger partial charge on any atom is 0.251 e. The fraction of sp³-hybridized carbons (Fsp3) is 0.154. The molecule has 0 aliphatic heterocycles. The minimum atomic E-state index is -0.0246. The van der Waals surface area contributed by atoms with Gasteiger partial charge in [-0.15, -0.1) is 11.3 Å². The highest BCUT2D eigenvalue weighted by molar-refractivity contribution is 9.10. The van der Waals surface area contributed by atoms with E-state index in [-0.39, 0.29) is 5.91 Å². The lowest BCUT2D eigenvalue weighted by atomic mass is 10.1. The molecule has 4 heteroatoms. The molecule has 17 heavy (non-hydrogen) atoms. The number of hydrogen-bond acceptors (Lipinski definition) is 2. The monoisotopic (exact) mass is 309 g/mol. The van der Waals surface area contributed by atoms with Gasteiger partial charge in [0.05, 0.1) is 6.54 Å². The van der Waals surface area contributed by atoms with Crippen LogP contribution in [0.4, 0.5) is 0 Å². The van der Waals surface area contributed by atoms with Crippen LogP contribution in [0.3, 0.4) is 0 Å². The Bertz CT molecular complexity index is 536. The van der Waals surface area contributed by atoms with Crippen molar-refractivity contribution < 1.29 is 4.79 Å². The van der Waals surface area contributed by atoms with Crippen LogP contribution in [0.15, 0.2) is 40.2 Å². The lowest BCUT2D eigenvalue weighted by molar-refractivity contribution is 0.0950. The number of hydrogen-bond donors (Lipinski definition) is 1. The molecule has 1 heterocycles. The van der Waals surface area contributed by atoms with Crippen molar-refractivity contribution in [1.29, 1.82) is 0 Å². The average molecular weight is 310 g/mol. The van der Waals surface area contributed by atoms with E-state index in [9.17, 15) is 4.79 Å².